The third-order valence-corrected chi connectivity index (χ3v) is 7.06. The number of piperazine rings is 1. The van der Waals surface area contributed by atoms with Crippen molar-refractivity contribution in [1.29, 1.82) is 0 Å². The fourth-order valence-electron chi connectivity index (χ4n) is 5.05. The molecule has 0 saturated carbocycles. The number of rotatable bonds is 7. The molecule has 1 aromatic carbocycles. The Morgan fingerprint density at radius 3 is 2.76 bits per heavy atom. The van der Waals surface area contributed by atoms with E-state index in [4.69, 9.17) is 4.74 Å². The van der Waals surface area contributed by atoms with Crippen molar-refractivity contribution in [2.45, 2.75) is 51.8 Å². The molecule has 1 N–H and O–H groups in total. The molecule has 0 unspecified atom stereocenters. The number of nitrogens with zero attached hydrogens (tertiary/aromatic N) is 6. The van der Waals surface area contributed by atoms with Gasteiger partial charge in [0.2, 0.25) is 0 Å². The number of tetrazole rings is 1. The summed E-state index contributed by atoms with van der Waals surface area (Å²) in [5, 5.41) is 13.8. The number of aromatic nitrogens is 5. The molecule has 2 aliphatic rings. The molecule has 2 atom stereocenters. The van der Waals surface area contributed by atoms with Gasteiger partial charge < -0.3 is 14.6 Å². The highest BCUT2D eigenvalue weighted by Crippen LogP contribution is 2.28. The lowest BCUT2D eigenvalue weighted by Crippen LogP contribution is -2.49. The molecule has 9 nitrogen and oxygen atoms in total. The SMILES string of the molecule is CCc1ccc2[nH]c(=O)c([C@@H](c3nnnn3C[C@@H]3CCCO3)N3CCN(CC)CC3)cc2c1. The van der Waals surface area contributed by atoms with Crippen molar-refractivity contribution in [3.63, 3.8) is 0 Å². The van der Waals surface area contributed by atoms with Gasteiger partial charge in [0.15, 0.2) is 5.82 Å². The summed E-state index contributed by atoms with van der Waals surface area (Å²) < 4.78 is 7.69. The third-order valence-electron chi connectivity index (χ3n) is 7.06. The summed E-state index contributed by atoms with van der Waals surface area (Å²) >= 11 is 0. The second-order valence-corrected chi connectivity index (χ2v) is 9.06. The van der Waals surface area contributed by atoms with Crippen LogP contribution in [-0.2, 0) is 17.7 Å². The maximum atomic E-state index is 13.3. The van der Waals surface area contributed by atoms with E-state index in [0.29, 0.717) is 17.9 Å². The average Bonchev–Trinajstić information content (AvgIpc) is 3.53. The monoisotopic (exact) mass is 451 g/mol. The number of benzene rings is 1. The summed E-state index contributed by atoms with van der Waals surface area (Å²) in [6.45, 7) is 10.4. The first-order valence-electron chi connectivity index (χ1n) is 12.2. The van der Waals surface area contributed by atoms with Gasteiger partial charge in [-0.25, -0.2) is 4.68 Å². The lowest BCUT2D eigenvalue weighted by atomic mass is 10.0. The summed E-state index contributed by atoms with van der Waals surface area (Å²) in [6.07, 6.45) is 3.14. The standard InChI is InChI=1S/C24H33N7O2/c1-3-17-7-8-21-18(14-17)15-20(24(32)25-21)22(30-11-9-29(4-2)10-12-30)23-26-27-28-31(23)16-19-6-5-13-33-19/h7-8,14-15,19,22H,3-6,9-13,16H2,1-2H3,(H,25,32)/t19-,22-/m0/s1. The quantitative estimate of drug-likeness (QED) is 0.587. The average molecular weight is 452 g/mol. The summed E-state index contributed by atoms with van der Waals surface area (Å²) in [7, 11) is 0. The van der Waals surface area contributed by atoms with E-state index >= 15 is 0 Å². The Morgan fingerprint density at radius 1 is 1.18 bits per heavy atom. The van der Waals surface area contributed by atoms with Crippen LogP contribution in [0.4, 0.5) is 0 Å². The number of fused-ring (bicyclic) bond motifs is 1. The fourth-order valence-corrected chi connectivity index (χ4v) is 5.05. The number of hydrogen-bond acceptors (Lipinski definition) is 7. The van der Waals surface area contributed by atoms with Crippen molar-refractivity contribution in [2.75, 3.05) is 39.3 Å². The van der Waals surface area contributed by atoms with E-state index in [9.17, 15) is 4.79 Å². The Hall–Kier alpha value is -2.62. The minimum Gasteiger partial charge on any atom is -0.376 e. The predicted molar refractivity (Wildman–Crippen MR) is 126 cm³/mol. The number of ether oxygens (including phenoxy) is 1. The first-order valence-corrected chi connectivity index (χ1v) is 12.2. The Balaban J connectivity index is 1.57. The largest absolute Gasteiger partial charge is 0.376 e. The van der Waals surface area contributed by atoms with E-state index in [0.717, 1.165) is 69.5 Å². The third kappa shape index (κ3) is 4.58. The zero-order valence-electron chi connectivity index (χ0n) is 19.5. The zero-order valence-corrected chi connectivity index (χ0v) is 19.5. The number of pyridine rings is 1. The van der Waals surface area contributed by atoms with Crippen molar-refractivity contribution in [3.05, 3.63) is 51.6 Å². The van der Waals surface area contributed by atoms with Crippen LogP contribution < -0.4 is 5.56 Å². The van der Waals surface area contributed by atoms with Crippen molar-refractivity contribution < 1.29 is 4.74 Å². The lowest BCUT2D eigenvalue weighted by molar-refractivity contribution is 0.0860. The number of H-pyrrole nitrogens is 1. The van der Waals surface area contributed by atoms with Crippen molar-refractivity contribution in [3.8, 4) is 0 Å². The van der Waals surface area contributed by atoms with Crippen LogP contribution in [0.3, 0.4) is 0 Å². The van der Waals surface area contributed by atoms with Crippen LogP contribution in [0.1, 0.15) is 49.7 Å². The first-order chi connectivity index (χ1) is 16.2. The molecule has 4 heterocycles. The number of aromatic amines is 1. The Morgan fingerprint density at radius 2 is 2.03 bits per heavy atom. The van der Waals surface area contributed by atoms with Gasteiger partial charge in [0, 0.05) is 43.9 Å². The predicted octanol–water partition coefficient (Wildman–Crippen LogP) is 1.98. The van der Waals surface area contributed by atoms with E-state index in [1.165, 1.54) is 5.56 Å². The van der Waals surface area contributed by atoms with Crippen molar-refractivity contribution in [1.82, 2.24) is 35.0 Å². The zero-order chi connectivity index (χ0) is 22.8. The van der Waals surface area contributed by atoms with Crippen LogP contribution in [-0.4, -0.2) is 80.4 Å². The Kier molecular flexibility index (Phi) is 6.52. The molecule has 3 aromatic rings. The molecule has 2 fully saturated rings. The van der Waals surface area contributed by atoms with Crippen LogP contribution in [0.15, 0.2) is 29.1 Å². The van der Waals surface area contributed by atoms with Gasteiger partial charge in [0.1, 0.15) is 6.04 Å². The van der Waals surface area contributed by atoms with Gasteiger partial charge in [-0.15, -0.1) is 5.10 Å². The van der Waals surface area contributed by atoms with Gasteiger partial charge in [0.25, 0.3) is 5.56 Å². The molecule has 2 aliphatic heterocycles. The number of nitrogens with one attached hydrogen (secondary N) is 1. The van der Waals surface area contributed by atoms with Crippen LogP contribution in [0.5, 0.6) is 0 Å². The fraction of sp³-hybridized carbons (Fsp3) is 0.583. The van der Waals surface area contributed by atoms with Gasteiger partial charge in [-0.05, 0) is 65.4 Å². The number of hydrogen-bond donors (Lipinski definition) is 1. The van der Waals surface area contributed by atoms with Gasteiger partial charge in [0.05, 0.1) is 12.6 Å². The van der Waals surface area contributed by atoms with Gasteiger partial charge in [-0.2, -0.15) is 0 Å². The summed E-state index contributed by atoms with van der Waals surface area (Å²) in [4.78, 5) is 21.2. The van der Waals surface area contributed by atoms with Crippen LogP contribution in [0, 0.1) is 0 Å². The molecule has 0 aliphatic carbocycles. The highest BCUT2D eigenvalue weighted by atomic mass is 16.5. The van der Waals surface area contributed by atoms with E-state index in [1.807, 2.05) is 16.8 Å². The van der Waals surface area contributed by atoms with Gasteiger partial charge in [-0.1, -0.05) is 19.9 Å². The molecule has 2 saturated heterocycles. The molecule has 5 rings (SSSR count). The molecule has 0 amide bonds. The number of likely N-dealkylation sites (N-methyl/N-ethyl adjacent to an activating group) is 1. The smallest absolute Gasteiger partial charge is 0.253 e. The second-order valence-electron chi connectivity index (χ2n) is 9.06. The molecular formula is C24H33N7O2. The molecular weight excluding hydrogens is 418 g/mol. The molecule has 0 radical (unpaired) electrons. The molecule has 9 heteroatoms. The minimum atomic E-state index is -0.307. The maximum Gasteiger partial charge on any atom is 0.253 e. The molecule has 33 heavy (non-hydrogen) atoms. The van der Waals surface area contributed by atoms with E-state index in [2.05, 4.69) is 56.3 Å². The summed E-state index contributed by atoms with van der Waals surface area (Å²) in [5.74, 6) is 0.715. The summed E-state index contributed by atoms with van der Waals surface area (Å²) in [5.41, 5.74) is 2.72. The number of aryl methyl sites for hydroxylation is 1. The van der Waals surface area contributed by atoms with Gasteiger partial charge in [-0.3, -0.25) is 9.69 Å². The van der Waals surface area contributed by atoms with E-state index < -0.39 is 0 Å². The topological polar surface area (TPSA) is 92.2 Å². The van der Waals surface area contributed by atoms with Crippen LogP contribution in [0.25, 0.3) is 10.9 Å². The molecule has 0 spiro atoms. The lowest BCUT2D eigenvalue weighted by Gasteiger charge is -2.38. The van der Waals surface area contributed by atoms with Crippen molar-refractivity contribution in [2.24, 2.45) is 0 Å². The summed E-state index contributed by atoms with van der Waals surface area (Å²) in [6, 6.07) is 7.96. The van der Waals surface area contributed by atoms with Crippen LogP contribution in [0.2, 0.25) is 0 Å². The highest BCUT2D eigenvalue weighted by molar-refractivity contribution is 5.80. The highest BCUT2D eigenvalue weighted by Gasteiger charge is 2.33. The maximum absolute atomic E-state index is 13.3. The minimum absolute atomic E-state index is 0.0821. The van der Waals surface area contributed by atoms with E-state index in [-0.39, 0.29) is 17.7 Å². The van der Waals surface area contributed by atoms with Crippen LogP contribution >= 0.6 is 0 Å². The van der Waals surface area contributed by atoms with Gasteiger partial charge >= 0.3 is 0 Å². The first kappa shape index (κ1) is 22.2. The Labute approximate surface area is 193 Å². The second kappa shape index (κ2) is 9.70. The normalized spacial score (nSPS) is 21.1. The van der Waals surface area contributed by atoms with E-state index in [1.54, 1.807) is 0 Å². The molecule has 2 aromatic heterocycles. The van der Waals surface area contributed by atoms with Crippen molar-refractivity contribution >= 4 is 10.9 Å². The Bertz CT molecular complexity index is 1140. The molecule has 0 bridgehead atoms. The molecule has 176 valence electrons.